The molecule has 3 aromatic rings. The van der Waals surface area contributed by atoms with E-state index < -0.39 is 12.1 Å². The number of rotatable bonds is 1. The number of allylic oxidation sites excluding steroid dienone is 1. The van der Waals surface area contributed by atoms with Crippen molar-refractivity contribution in [3.63, 3.8) is 0 Å². The van der Waals surface area contributed by atoms with Crippen molar-refractivity contribution >= 4 is 63.4 Å². The van der Waals surface area contributed by atoms with Crippen molar-refractivity contribution in [3.8, 4) is 0 Å². The van der Waals surface area contributed by atoms with Crippen LogP contribution in [0.2, 0.25) is 0 Å². The number of carboxylic acid groups (broad SMARTS) is 2. The molecule has 0 atom stereocenters. The zero-order chi connectivity index (χ0) is 19.4. The van der Waals surface area contributed by atoms with Gasteiger partial charge in [-0.3, -0.25) is 4.90 Å². The number of nitrogens with zero attached hydrogens (tertiary/aromatic N) is 4. The Balaban J connectivity index is 2.02. The van der Waals surface area contributed by atoms with Gasteiger partial charge in [0.2, 0.25) is 0 Å². The van der Waals surface area contributed by atoms with Crippen LogP contribution < -0.4 is 15.3 Å². The standard InChI is InChI=1S/C20H12N4O4/c25-19(26)14-8-7-10-15-16(22-13-6-2-1-5-12(13)21-15)11-4-3-9-24(20(27)28)18(11)17(10)23-14/h1-7,9H,8H2,(H,25,26)(H,27,28). The SMILES string of the molecule is O=C(O)C1=Nc2c3c(c4nc5ccccc5nc4c2=CC1)=CC=CN3C(=O)O. The average molecular weight is 372 g/mol. The van der Waals surface area contributed by atoms with Gasteiger partial charge in [-0.15, -0.1) is 0 Å². The van der Waals surface area contributed by atoms with E-state index in [0.717, 1.165) is 4.90 Å². The highest BCUT2D eigenvalue weighted by Gasteiger charge is 2.26. The second kappa shape index (κ2) is 5.71. The van der Waals surface area contributed by atoms with Crippen molar-refractivity contribution in [2.45, 2.75) is 6.42 Å². The number of aromatic nitrogens is 2. The van der Waals surface area contributed by atoms with Crippen molar-refractivity contribution < 1.29 is 19.8 Å². The predicted octanol–water partition coefficient (Wildman–Crippen LogP) is 1.92. The van der Waals surface area contributed by atoms with Gasteiger partial charge in [0.05, 0.1) is 33.4 Å². The first-order valence-electron chi connectivity index (χ1n) is 8.49. The molecule has 0 saturated heterocycles. The Labute approximate surface area is 157 Å². The molecule has 0 radical (unpaired) electrons. The Morgan fingerprint density at radius 2 is 1.68 bits per heavy atom. The second-order valence-corrected chi connectivity index (χ2v) is 6.37. The van der Waals surface area contributed by atoms with E-state index in [2.05, 4.69) is 4.99 Å². The van der Waals surface area contributed by atoms with E-state index in [1.807, 2.05) is 24.3 Å². The van der Waals surface area contributed by atoms with Gasteiger partial charge in [0.25, 0.3) is 0 Å². The largest absolute Gasteiger partial charge is 0.477 e. The fourth-order valence-corrected chi connectivity index (χ4v) is 3.54. The summed E-state index contributed by atoms with van der Waals surface area (Å²) in [5, 5.41) is 20.2. The van der Waals surface area contributed by atoms with Gasteiger partial charge in [0.1, 0.15) is 5.71 Å². The van der Waals surface area contributed by atoms with Gasteiger partial charge in [-0.1, -0.05) is 18.2 Å². The molecule has 2 aliphatic heterocycles. The Kier molecular flexibility index (Phi) is 3.29. The van der Waals surface area contributed by atoms with Gasteiger partial charge >= 0.3 is 12.1 Å². The van der Waals surface area contributed by atoms with Gasteiger partial charge in [-0.05, 0) is 24.3 Å². The molecule has 2 aliphatic rings. The Morgan fingerprint density at radius 1 is 1.00 bits per heavy atom. The first-order valence-corrected chi connectivity index (χ1v) is 8.49. The molecule has 5 rings (SSSR count). The predicted molar refractivity (Wildman–Crippen MR) is 104 cm³/mol. The highest BCUT2D eigenvalue weighted by atomic mass is 16.4. The molecule has 0 fully saturated rings. The maximum Gasteiger partial charge on any atom is 0.416 e. The zero-order valence-corrected chi connectivity index (χ0v) is 14.3. The molecule has 0 saturated carbocycles. The van der Waals surface area contributed by atoms with Crippen molar-refractivity contribution in [2.24, 2.45) is 4.99 Å². The first kappa shape index (κ1) is 16.1. The summed E-state index contributed by atoms with van der Waals surface area (Å²) in [7, 11) is 0. The monoisotopic (exact) mass is 372 g/mol. The van der Waals surface area contributed by atoms with Crippen LogP contribution in [0.25, 0.3) is 34.2 Å². The second-order valence-electron chi connectivity index (χ2n) is 6.37. The molecule has 1 amide bonds. The lowest BCUT2D eigenvalue weighted by Crippen LogP contribution is -2.34. The lowest BCUT2D eigenvalue weighted by molar-refractivity contribution is -0.129. The maximum absolute atomic E-state index is 11.8. The third-order valence-electron chi connectivity index (χ3n) is 4.75. The smallest absolute Gasteiger partial charge is 0.416 e. The molecule has 8 nitrogen and oxygen atoms in total. The fourth-order valence-electron chi connectivity index (χ4n) is 3.54. The topological polar surface area (TPSA) is 116 Å². The number of fused-ring (bicyclic) bond motifs is 7. The van der Waals surface area contributed by atoms with E-state index in [1.54, 1.807) is 18.2 Å². The summed E-state index contributed by atoms with van der Waals surface area (Å²) in [5.41, 5.74) is 3.01. The number of para-hydroxylation sites is 2. The molecule has 136 valence electrons. The van der Waals surface area contributed by atoms with Crippen LogP contribution in [0.3, 0.4) is 0 Å². The highest BCUT2D eigenvalue weighted by molar-refractivity contribution is 6.38. The molecular weight excluding hydrogens is 360 g/mol. The van der Waals surface area contributed by atoms with Crippen molar-refractivity contribution in [1.82, 2.24) is 9.97 Å². The van der Waals surface area contributed by atoms with Crippen LogP contribution in [0, 0.1) is 0 Å². The number of aliphatic carboxylic acids is 1. The summed E-state index contributed by atoms with van der Waals surface area (Å²) in [4.78, 5) is 38.0. The van der Waals surface area contributed by atoms with Gasteiger partial charge in [-0.25, -0.2) is 24.5 Å². The summed E-state index contributed by atoms with van der Waals surface area (Å²) in [6.45, 7) is 0. The molecule has 2 aromatic carbocycles. The minimum atomic E-state index is -1.20. The maximum atomic E-state index is 11.8. The Bertz CT molecular complexity index is 1410. The van der Waals surface area contributed by atoms with E-state index in [0.29, 0.717) is 32.5 Å². The minimum absolute atomic E-state index is 0.0531. The average Bonchev–Trinajstić information content (AvgIpc) is 2.71. The summed E-state index contributed by atoms with van der Waals surface area (Å²) < 4.78 is 0. The third kappa shape index (κ3) is 2.21. The molecular formula is C20H12N4O4. The lowest BCUT2D eigenvalue weighted by Gasteiger charge is -2.23. The fraction of sp³-hybridized carbons (Fsp3) is 0.0500. The summed E-state index contributed by atoms with van der Waals surface area (Å²) >= 11 is 0. The van der Waals surface area contributed by atoms with E-state index in [9.17, 15) is 19.8 Å². The number of carboxylic acids is 1. The molecule has 0 spiro atoms. The molecule has 3 heterocycles. The summed E-state index contributed by atoms with van der Waals surface area (Å²) in [6, 6.07) is 7.40. The molecule has 0 unspecified atom stereocenters. The number of benzene rings is 2. The number of hydrogen-bond acceptors (Lipinski definition) is 5. The minimum Gasteiger partial charge on any atom is -0.477 e. The molecule has 0 bridgehead atoms. The van der Waals surface area contributed by atoms with Crippen LogP contribution in [0.4, 0.5) is 16.2 Å². The van der Waals surface area contributed by atoms with Crippen LogP contribution in [-0.4, -0.2) is 38.0 Å². The lowest BCUT2D eigenvalue weighted by atomic mass is 10.0. The molecule has 1 aromatic heterocycles. The van der Waals surface area contributed by atoms with E-state index in [4.69, 9.17) is 9.97 Å². The Hall–Kier alpha value is -4.07. The van der Waals surface area contributed by atoms with Crippen molar-refractivity contribution in [1.29, 1.82) is 0 Å². The Morgan fingerprint density at radius 3 is 2.32 bits per heavy atom. The summed E-state index contributed by atoms with van der Waals surface area (Å²) in [5.74, 6) is -1.14. The highest BCUT2D eigenvalue weighted by Crippen LogP contribution is 2.29. The normalized spacial score (nSPS) is 14.7. The van der Waals surface area contributed by atoms with Gasteiger partial charge in [-0.2, -0.15) is 0 Å². The van der Waals surface area contributed by atoms with Crippen LogP contribution in [-0.2, 0) is 4.79 Å². The van der Waals surface area contributed by atoms with Crippen LogP contribution in [0.1, 0.15) is 6.42 Å². The first-order chi connectivity index (χ1) is 13.5. The number of anilines is 1. The van der Waals surface area contributed by atoms with Gasteiger partial charge in [0.15, 0.2) is 0 Å². The van der Waals surface area contributed by atoms with Crippen LogP contribution >= 0.6 is 0 Å². The quantitative estimate of drug-likeness (QED) is 0.631. The number of amides is 1. The van der Waals surface area contributed by atoms with Crippen molar-refractivity contribution in [2.75, 3.05) is 4.90 Å². The molecule has 0 aliphatic carbocycles. The third-order valence-corrected chi connectivity index (χ3v) is 4.75. The molecule has 28 heavy (non-hydrogen) atoms. The van der Waals surface area contributed by atoms with Crippen molar-refractivity contribution in [3.05, 3.63) is 47.0 Å². The van der Waals surface area contributed by atoms with E-state index in [-0.39, 0.29) is 23.5 Å². The molecule has 2 N–H and O–H groups in total. The number of carbonyl (C=O) groups is 2. The van der Waals surface area contributed by atoms with Gasteiger partial charge < -0.3 is 10.2 Å². The summed E-state index contributed by atoms with van der Waals surface area (Å²) in [6.07, 6.45) is 5.39. The van der Waals surface area contributed by atoms with E-state index in [1.165, 1.54) is 6.20 Å². The van der Waals surface area contributed by atoms with Gasteiger partial charge in [0, 0.05) is 23.1 Å². The zero-order valence-electron chi connectivity index (χ0n) is 14.3. The number of hydrogen-bond donors (Lipinski definition) is 2. The molecule has 8 heteroatoms. The number of aliphatic imine (C=N–C) groups is 1. The van der Waals surface area contributed by atoms with Crippen LogP contribution in [0.5, 0.6) is 0 Å². The van der Waals surface area contributed by atoms with Crippen LogP contribution in [0.15, 0.2) is 41.5 Å². The van der Waals surface area contributed by atoms with E-state index >= 15 is 0 Å².